The Morgan fingerprint density at radius 3 is 2.30 bits per heavy atom. The second-order valence-corrected chi connectivity index (χ2v) is 5.05. The van der Waals surface area contributed by atoms with Crippen LogP contribution in [0.1, 0.15) is 28.8 Å². The summed E-state index contributed by atoms with van der Waals surface area (Å²) < 4.78 is 26.1. The monoisotopic (exact) mass is 273 g/mol. The zero-order valence-corrected chi connectivity index (χ0v) is 10.7. The molecule has 0 aliphatic heterocycles. The number of halogens is 2. The third kappa shape index (κ3) is 2.41. The first-order chi connectivity index (χ1) is 9.59. The highest BCUT2D eigenvalue weighted by atomic mass is 19.1. The summed E-state index contributed by atoms with van der Waals surface area (Å²) >= 11 is 0. The average Bonchev–Trinajstić information content (AvgIpc) is 3.20. The molecule has 0 bridgehead atoms. The Morgan fingerprint density at radius 2 is 1.70 bits per heavy atom. The number of hydrogen-bond acceptors (Lipinski definition) is 1. The molecule has 0 radical (unpaired) electrons. The van der Waals surface area contributed by atoms with Gasteiger partial charge in [-0.2, -0.15) is 0 Å². The third-order valence-corrected chi connectivity index (χ3v) is 3.59. The Bertz CT molecular complexity index is 648. The molecule has 1 fully saturated rings. The Hall–Kier alpha value is -2.23. The second kappa shape index (κ2) is 4.71. The van der Waals surface area contributed by atoms with Crippen LogP contribution in [0.2, 0.25) is 0 Å². The van der Waals surface area contributed by atoms with E-state index in [0.717, 1.165) is 18.4 Å². The number of rotatable bonds is 3. The van der Waals surface area contributed by atoms with E-state index in [4.69, 9.17) is 0 Å². The van der Waals surface area contributed by atoms with Crippen LogP contribution in [0.3, 0.4) is 0 Å². The van der Waals surface area contributed by atoms with E-state index in [-0.39, 0.29) is 11.7 Å². The highest BCUT2D eigenvalue weighted by Crippen LogP contribution is 2.45. The molecule has 2 nitrogen and oxygen atoms in total. The highest BCUT2D eigenvalue weighted by Gasteiger charge is 2.45. The van der Waals surface area contributed by atoms with Gasteiger partial charge in [0.25, 0.3) is 5.91 Å². The first-order valence-corrected chi connectivity index (χ1v) is 6.43. The Labute approximate surface area is 115 Å². The Morgan fingerprint density at radius 1 is 1.00 bits per heavy atom. The largest absolute Gasteiger partial charge is 0.343 e. The molecule has 0 atom stereocenters. The fourth-order valence-electron chi connectivity index (χ4n) is 2.30. The summed E-state index contributed by atoms with van der Waals surface area (Å²) in [4.78, 5) is 12.1. The fraction of sp³-hybridized carbons (Fsp3) is 0.188. The maximum absolute atomic E-state index is 13.1. The number of nitrogens with one attached hydrogen (secondary N) is 1. The molecule has 3 rings (SSSR count). The minimum atomic E-state index is -0.440. The fourth-order valence-corrected chi connectivity index (χ4v) is 2.30. The first-order valence-electron chi connectivity index (χ1n) is 6.43. The van der Waals surface area contributed by atoms with Gasteiger partial charge >= 0.3 is 0 Å². The molecular formula is C16H13F2NO. The van der Waals surface area contributed by atoms with Gasteiger partial charge in [-0.3, -0.25) is 4.79 Å². The lowest BCUT2D eigenvalue weighted by Gasteiger charge is -2.18. The molecule has 102 valence electrons. The van der Waals surface area contributed by atoms with Crippen LogP contribution in [-0.4, -0.2) is 5.91 Å². The third-order valence-electron chi connectivity index (χ3n) is 3.59. The summed E-state index contributed by atoms with van der Waals surface area (Å²) in [6, 6.07) is 11.7. The van der Waals surface area contributed by atoms with Gasteiger partial charge in [0, 0.05) is 5.56 Å². The zero-order valence-electron chi connectivity index (χ0n) is 10.7. The minimum Gasteiger partial charge on any atom is -0.343 e. The molecule has 1 saturated carbocycles. The molecule has 1 aliphatic rings. The van der Waals surface area contributed by atoms with Crippen molar-refractivity contribution in [2.75, 3.05) is 0 Å². The highest BCUT2D eigenvalue weighted by molar-refractivity contribution is 5.95. The molecule has 0 unspecified atom stereocenters. The van der Waals surface area contributed by atoms with Crippen LogP contribution in [0.4, 0.5) is 8.78 Å². The van der Waals surface area contributed by atoms with E-state index < -0.39 is 11.4 Å². The van der Waals surface area contributed by atoms with Crippen molar-refractivity contribution >= 4 is 5.91 Å². The van der Waals surface area contributed by atoms with E-state index in [1.807, 2.05) is 0 Å². The summed E-state index contributed by atoms with van der Waals surface area (Å²) in [5.41, 5.74) is 0.735. The molecule has 2 aromatic rings. The molecular weight excluding hydrogens is 260 g/mol. The lowest BCUT2D eigenvalue weighted by molar-refractivity contribution is 0.0930. The summed E-state index contributed by atoms with van der Waals surface area (Å²) in [6.45, 7) is 0. The number of amides is 1. The van der Waals surface area contributed by atoms with E-state index in [9.17, 15) is 13.6 Å². The molecule has 0 heterocycles. The number of carbonyl (C=O) groups excluding carboxylic acids is 1. The van der Waals surface area contributed by atoms with Crippen molar-refractivity contribution in [1.82, 2.24) is 5.32 Å². The van der Waals surface area contributed by atoms with E-state index in [1.165, 1.54) is 30.3 Å². The van der Waals surface area contributed by atoms with Crippen molar-refractivity contribution in [3.63, 3.8) is 0 Å². The maximum atomic E-state index is 13.1. The summed E-state index contributed by atoms with van der Waals surface area (Å²) in [6.07, 6.45) is 1.61. The predicted molar refractivity (Wildman–Crippen MR) is 71.2 cm³/mol. The van der Waals surface area contributed by atoms with Crippen molar-refractivity contribution in [3.05, 3.63) is 71.3 Å². The van der Waals surface area contributed by atoms with Crippen LogP contribution < -0.4 is 5.32 Å². The topological polar surface area (TPSA) is 29.1 Å². The molecule has 0 saturated heterocycles. The van der Waals surface area contributed by atoms with Gasteiger partial charge in [-0.05, 0) is 48.7 Å². The maximum Gasteiger partial charge on any atom is 0.252 e. The molecule has 1 aliphatic carbocycles. The van der Waals surface area contributed by atoms with E-state index >= 15 is 0 Å². The molecule has 20 heavy (non-hydrogen) atoms. The second-order valence-electron chi connectivity index (χ2n) is 5.05. The van der Waals surface area contributed by atoms with Crippen LogP contribution in [-0.2, 0) is 5.54 Å². The zero-order chi connectivity index (χ0) is 14.2. The van der Waals surface area contributed by atoms with Gasteiger partial charge in [-0.15, -0.1) is 0 Å². The average molecular weight is 273 g/mol. The molecule has 4 heteroatoms. The SMILES string of the molecule is O=C(NC1(c2ccc(F)cc2)CC1)c1cccc(F)c1. The first kappa shape index (κ1) is 12.8. The van der Waals surface area contributed by atoms with Gasteiger partial charge in [0.1, 0.15) is 11.6 Å². The Kier molecular flexibility index (Phi) is 3.01. The molecule has 1 N–H and O–H groups in total. The molecule has 1 amide bonds. The molecule has 2 aromatic carbocycles. The quantitative estimate of drug-likeness (QED) is 0.912. The summed E-state index contributed by atoms with van der Waals surface area (Å²) in [7, 11) is 0. The number of benzene rings is 2. The summed E-state index contributed by atoms with van der Waals surface area (Å²) in [5.74, 6) is -1.06. The van der Waals surface area contributed by atoms with E-state index in [1.54, 1.807) is 18.2 Å². The van der Waals surface area contributed by atoms with Crippen LogP contribution in [0.15, 0.2) is 48.5 Å². The van der Waals surface area contributed by atoms with Crippen molar-refractivity contribution in [2.45, 2.75) is 18.4 Å². The van der Waals surface area contributed by atoms with Gasteiger partial charge in [-0.1, -0.05) is 18.2 Å². The normalized spacial score (nSPS) is 15.7. The van der Waals surface area contributed by atoms with Crippen molar-refractivity contribution in [3.8, 4) is 0 Å². The lowest BCUT2D eigenvalue weighted by atomic mass is 10.0. The van der Waals surface area contributed by atoms with E-state index in [2.05, 4.69) is 5.32 Å². The van der Waals surface area contributed by atoms with Crippen LogP contribution in [0.25, 0.3) is 0 Å². The van der Waals surface area contributed by atoms with Crippen LogP contribution in [0, 0.1) is 11.6 Å². The van der Waals surface area contributed by atoms with Crippen molar-refractivity contribution in [2.24, 2.45) is 0 Å². The van der Waals surface area contributed by atoms with Crippen LogP contribution in [0.5, 0.6) is 0 Å². The Balaban J connectivity index is 1.80. The van der Waals surface area contributed by atoms with Gasteiger partial charge in [-0.25, -0.2) is 8.78 Å². The van der Waals surface area contributed by atoms with E-state index in [0.29, 0.717) is 5.56 Å². The molecule has 0 spiro atoms. The standard InChI is InChI=1S/C16H13F2NO/c17-13-6-4-12(5-7-13)16(8-9-16)19-15(20)11-2-1-3-14(18)10-11/h1-7,10H,8-9H2,(H,19,20). The van der Waals surface area contributed by atoms with Crippen LogP contribution >= 0.6 is 0 Å². The molecule has 0 aromatic heterocycles. The summed E-state index contributed by atoms with van der Waals surface area (Å²) in [5, 5.41) is 2.92. The van der Waals surface area contributed by atoms with Crippen molar-refractivity contribution in [1.29, 1.82) is 0 Å². The number of hydrogen-bond donors (Lipinski definition) is 1. The lowest BCUT2D eigenvalue weighted by Crippen LogP contribution is -2.34. The van der Waals surface area contributed by atoms with Crippen molar-refractivity contribution < 1.29 is 13.6 Å². The minimum absolute atomic E-state index is 0.290. The smallest absolute Gasteiger partial charge is 0.252 e. The predicted octanol–water partition coefficient (Wildman–Crippen LogP) is 3.38. The van der Waals surface area contributed by atoms with Gasteiger partial charge in [0.2, 0.25) is 0 Å². The van der Waals surface area contributed by atoms with Gasteiger partial charge < -0.3 is 5.32 Å². The van der Waals surface area contributed by atoms with Gasteiger partial charge in [0.05, 0.1) is 5.54 Å². The van der Waals surface area contributed by atoms with Gasteiger partial charge in [0.15, 0.2) is 0 Å². The number of carbonyl (C=O) groups is 1.